The second-order valence-electron chi connectivity index (χ2n) is 3.84. The molecule has 0 spiro atoms. The largest absolute Gasteiger partial charge is 0.417 e. The van der Waals surface area contributed by atoms with Crippen molar-refractivity contribution in [2.24, 2.45) is 0 Å². The van der Waals surface area contributed by atoms with E-state index in [0.29, 0.717) is 0 Å². The van der Waals surface area contributed by atoms with Crippen LogP contribution in [0.4, 0.5) is 17.6 Å². The lowest BCUT2D eigenvalue weighted by molar-refractivity contribution is -0.137. The van der Waals surface area contributed by atoms with Gasteiger partial charge < -0.3 is 5.11 Å². The summed E-state index contributed by atoms with van der Waals surface area (Å²) in [5.41, 5.74) is -1.23. The van der Waals surface area contributed by atoms with Gasteiger partial charge in [-0.1, -0.05) is 18.2 Å². The zero-order valence-corrected chi connectivity index (χ0v) is 9.58. The number of hydrogen-bond donors (Lipinski definition) is 1. The molecule has 0 unspecified atom stereocenters. The van der Waals surface area contributed by atoms with Gasteiger partial charge in [-0.15, -0.1) is 0 Å². The molecule has 2 aromatic rings. The molecule has 0 aliphatic heterocycles. The zero-order chi connectivity index (χ0) is 14.0. The first-order chi connectivity index (χ1) is 8.93. The number of pyridine rings is 1. The fourth-order valence-electron chi connectivity index (χ4n) is 1.76. The highest BCUT2D eigenvalue weighted by Crippen LogP contribution is 2.37. The van der Waals surface area contributed by atoms with Crippen LogP contribution in [0.1, 0.15) is 11.1 Å². The molecule has 1 N–H and O–H groups in total. The van der Waals surface area contributed by atoms with Gasteiger partial charge >= 0.3 is 6.18 Å². The average Bonchev–Trinajstić information content (AvgIpc) is 2.37. The number of rotatable bonds is 2. The summed E-state index contributed by atoms with van der Waals surface area (Å²) in [6.07, 6.45) is -4.57. The molecule has 1 aromatic heterocycles. The van der Waals surface area contributed by atoms with E-state index in [4.69, 9.17) is 5.11 Å². The van der Waals surface area contributed by atoms with Crippen LogP contribution in [0.25, 0.3) is 11.3 Å². The van der Waals surface area contributed by atoms with Crippen molar-refractivity contribution in [1.29, 1.82) is 0 Å². The Balaban J connectivity index is 2.69. The zero-order valence-electron chi connectivity index (χ0n) is 9.58. The van der Waals surface area contributed by atoms with Crippen molar-refractivity contribution in [3.05, 3.63) is 53.5 Å². The third-order valence-electron chi connectivity index (χ3n) is 2.60. The summed E-state index contributed by atoms with van der Waals surface area (Å²) in [5.74, 6) is -0.899. The van der Waals surface area contributed by atoms with Crippen LogP contribution in [0.15, 0.2) is 36.4 Å². The van der Waals surface area contributed by atoms with Crippen molar-refractivity contribution in [2.45, 2.75) is 12.8 Å². The Morgan fingerprint density at radius 1 is 1.05 bits per heavy atom. The molecule has 2 nitrogen and oxygen atoms in total. The molecule has 19 heavy (non-hydrogen) atoms. The lowest BCUT2D eigenvalue weighted by Gasteiger charge is -2.14. The van der Waals surface area contributed by atoms with Crippen LogP contribution in [0.5, 0.6) is 0 Å². The minimum atomic E-state index is -4.57. The number of aliphatic hydroxyl groups is 1. The minimum absolute atomic E-state index is 0.137. The first-order valence-corrected chi connectivity index (χ1v) is 5.36. The predicted molar refractivity (Wildman–Crippen MR) is 60.6 cm³/mol. The second-order valence-corrected chi connectivity index (χ2v) is 3.84. The van der Waals surface area contributed by atoms with Crippen molar-refractivity contribution >= 4 is 0 Å². The first-order valence-electron chi connectivity index (χ1n) is 5.36. The quantitative estimate of drug-likeness (QED) is 0.670. The standard InChI is InChI=1S/C13H9F4NO/c14-11-6-5-8(7-19)12(18-11)9-3-1-2-4-10(9)13(15,16)17/h1-6,19H,7H2. The fourth-order valence-corrected chi connectivity index (χ4v) is 1.76. The maximum atomic E-state index is 13.1. The van der Waals surface area contributed by atoms with E-state index in [1.807, 2.05) is 0 Å². The molecule has 0 saturated heterocycles. The highest BCUT2D eigenvalue weighted by molar-refractivity contribution is 5.67. The summed E-state index contributed by atoms with van der Waals surface area (Å²) in [5, 5.41) is 9.12. The van der Waals surface area contributed by atoms with Gasteiger partial charge in [-0.2, -0.15) is 17.6 Å². The number of nitrogens with zero attached hydrogens (tertiary/aromatic N) is 1. The van der Waals surface area contributed by atoms with Crippen LogP contribution in [0.3, 0.4) is 0 Å². The molecule has 0 radical (unpaired) electrons. The molecule has 0 atom stereocenters. The summed E-state index contributed by atoms with van der Waals surface area (Å²) < 4.78 is 51.8. The summed E-state index contributed by atoms with van der Waals surface area (Å²) in [4.78, 5) is 3.46. The Hall–Kier alpha value is -1.95. The van der Waals surface area contributed by atoms with E-state index in [0.717, 1.165) is 12.1 Å². The average molecular weight is 271 g/mol. The van der Waals surface area contributed by atoms with E-state index in [2.05, 4.69) is 4.98 Å². The molecule has 2 rings (SSSR count). The second kappa shape index (κ2) is 4.97. The molecule has 0 bridgehead atoms. The van der Waals surface area contributed by atoms with E-state index >= 15 is 0 Å². The third kappa shape index (κ3) is 2.73. The number of aromatic nitrogens is 1. The van der Waals surface area contributed by atoms with Crippen LogP contribution in [-0.4, -0.2) is 10.1 Å². The number of benzene rings is 1. The van der Waals surface area contributed by atoms with Crippen LogP contribution >= 0.6 is 0 Å². The molecule has 0 aliphatic carbocycles. The van der Waals surface area contributed by atoms with Crippen molar-refractivity contribution in [3.8, 4) is 11.3 Å². The van der Waals surface area contributed by atoms with E-state index in [1.54, 1.807) is 0 Å². The van der Waals surface area contributed by atoms with E-state index in [1.165, 1.54) is 24.3 Å². The van der Waals surface area contributed by atoms with E-state index in [9.17, 15) is 17.6 Å². The predicted octanol–water partition coefficient (Wildman–Crippen LogP) is 3.40. The fraction of sp³-hybridized carbons (Fsp3) is 0.154. The van der Waals surface area contributed by atoms with E-state index < -0.39 is 24.3 Å². The van der Waals surface area contributed by atoms with Gasteiger partial charge in [0.05, 0.1) is 17.9 Å². The topological polar surface area (TPSA) is 33.1 Å². The van der Waals surface area contributed by atoms with Gasteiger partial charge in [-0.05, 0) is 18.2 Å². The molecule has 0 fully saturated rings. The van der Waals surface area contributed by atoms with Gasteiger partial charge in [-0.3, -0.25) is 0 Å². The van der Waals surface area contributed by atoms with Gasteiger partial charge in [-0.25, -0.2) is 4.98 Å². The lowest BCUT2D eigenvalue weighted by atomic mass is 10.00. The first kappa shape index (κ1) is 13.5. The molecule has 100 valence electrons. The summed E-state index contributed by atoms with van der Waals surface area (Å²) in [6, 6.07) is 6.94. The van der Waals surface area contributed by atoms with Crippen LogP contribution in [0, 0.1) is 5.95 Å². The van der Waals surface area contributed by atoms with Gasteiger partial charge in [0.15, 0.2) is 0 Å². The van der Waals surface area contributed by atoms with Crippen LogP contribution in [-0.2, 0) is 12.8 Å². The van der Waals surface area contributed by atoms with Crippen molar-refractivity contribution < 1.29 is 22.7 Å². The monoisotopic (exact) mass is 271 g/mol. The molecular formula is C13H9F4NO. The van der Waals surface area contributed by atoms with Crippen LogP contribution < -0.4 is 0 Å². The Morgan fingerprint density at radius 2 is 1.74 bits per heavy atom. The smallest absolute Gasteiger partial charge is 0.392 e. The SMILES string of the molecule is OCc1ccc(F)nc1-c1ccccc1C(F)(F)F. The lowest BCUT2D eigenvalue weighted by Crippen LogP contribution is -2.08. The minimum Gasteiger partial charge on any atom is -0.392 e. The number of halogens is 4. The summed E-state index contributed by atoms with van der Waals surface area (Å²) in [6.45, 7) is -0.519. The van der Waals surface area contributed by atoms with Gasteiger partial charge in [0.25, 0.3) is 0 Å². The molecular weight excluding hydrogens is 262 g/mol. The summed E-state index contributed by atoms with van der Waals surface area (Å²) in [7, 11) is 0. The normalized spacial score (nSPS) is 11.6. The van der Waals surface area contributed by atoms with Crippen molar-refractivity contribution in [1.82, 2.24) is 4.98 Å². The summed E-state index contributed by atoms with van der Waals surface area (Å²) >= 11 is 0. The molecule has 1 aromatic carbocycles. The van der Waals surface area contributed by atoms with Gasteiger partial charge in [0, 0.05) is 11.1 Å². The number of hydrogen-bond acceptors (Lipinski definition) is 2. The van der Waals surface area contributed by atoms with Gasteiger partial charge in [0.2, 0.25) is 5.95 Å². The van der Waals surface area contributed by atoms with E-state index in [-0.39, 0.29) is 16.8 Å². The maximum absolute atomic E-state index is 13.1. The molecule has 0 amide bonds. The Bertz CT molecular complexity index is 595. The number of aliphatic hydroxyl groups excluding tert-OH is 1. The maximum Gasteiger partial charge on any atom is 0.417 e. The Kier molecular flexibility index (Phi) is 3.53. The molecule has 0 saturated carbocycles. The van der Waals surface area contributed by atoms with Crippen molar-refractivity contribution in [2.75, 3.05) is 0 Å². The van der Waals surface area contributed by atoms with Crippen LogP contribution in [0.2, 0.25) is 0 Å². The molecule has 0 aliphatic rings. The highest BCUT2D eigenvalue weighted by atomic mass is 19.4. The highest BCUT2D eigenvalue weighted by Gasteiger charge is 2.34. The Labute approximate surface area is 106 Å². The number of alkyl halides is 3. The van der Waals surface area contributed by atoms with Gasteiger partial charge in [0.1, 0.15) is 0 Å². The molecule has 1 heterocycles. The third-order valence-corrected chi connectivity index (χ3v) is 2.60. The van der Waals surface area contributed by atoms with Crippen molar-refractivity contribution in [3.63, 3.8) is 0 Å². The Morgan fingerprint density at radius 3 is 2.37 bits per heavy atom. The molecule has 6 heteroatoms.